The van der Waals surface area contributed by atoms with E-state index in [0.717, 1.165) is 0 Å². The summed E-state index contributed by atoms with van der Waals surface area (Å²) < 4.78 is 11.1. The summed E-state index contributed by atoms with van der Waals surface area (Å²) >= 11 is 5.88. The molecule has 0 radical (unpaired) electrons. The minimum atomic E-state index is -0.492. The largest absolute Gasteiger partial charge is 0.486 e. The van der Waals surface area contributed by atoms with E-state index in [0.29, 0.717) is 35.3 Å². The van der Waals surface area contributed by atoms with Crippen molar-refractivity contribution in [3.8, 4) is 17.6 Å². The summed E-state index contributed by atoms with van der Waals surface area (Å²) in [7, 11) is 0. The van der Waals surface area contributed by atoms with Crippen molar-refractivity contribution in [2.24, 2.45) is 10.8 Å². The average Bonchev–Trinajstić information content (AvgIpc) is 2.67. The van der Waals surface area contributed by atoms with Gasteiger partial charge < -0.3 is 15.2 Å². The van der Waals surface area contributed by atoms with Crippen LogP contribution in [0.1, 0.15) is 15.9 Å². The third-order valence-corrected chi connectivity index (χ3v) is 3.93. The van der Waals surface area contributed by atoms with Crippen molar-refractivity contribution in [2.45, 2.75) is 0 Å². The van der Waals surface area contributed by atoms with Crippen LogP contribution in [0.2, 0.25) is 5.02 Å². The molecule has 1 heterocycles. The zero-order valence-electron chi connectivity index (χ0n) is 14.0. The number of amidine groups is 1. The smallest absolute Gasteiger partial charge is 0.201 e. The maximum Gasteiger partial charge on any atom is 0.201 e. The molecule has 136 valence electrons. The maximum atomic E-state index is 13.0. The second-order valence-corrected chi connectivity index (χ2v) is 5.91. The molecular weight excluding hydrogens is 370 g/mol. The fourth-order valence-electron chi connectivity index (χ4n) is 2.39. The first-order chi connectivity index (χ1) is 13.0. The molecule has 27 heavy (non-hydrogen) atoms. The van der Waals surface area contributed by atoms with Crippen LogP contribution in [0.25, 0.3) is 0 Å². The molecule has 0 unspecified atom stereocenters. The van der Waals surface area contributed by atoms with E-state index in [4.69, 9.17) is 37.5 Å². The maximum absolute atomic E-state index is 13.0. The number of nitriles is 1. The van der Waals surface area contributed by atoms with E-state index < -0.39 is 5.84 Å². The molecule has 2 aromatic rings. The normalized spacial score (nSPS) is 12.8. The summed E-state index contributed by atoms with van der Waals surface area (Å²) in [6, 6.07) is 11.2. The van der Waals surface area contributed by atoms with Gasteiger partial charge in [0.1, 0.15) is 19.3 Å². The van der Waals surface area contributed by atoms with Gasteiger partial charge in [0.25, 0.3) is 0 Å². The Balaban J connectivity index is 2.05. The van der Waals surface area contributed by atoms with E-state index in [1.807, 2.05) is 0 Å². The van der Waals surface area contributed by atoms with Crippen LogP contribution in [0, 0.1) is 16.7 Å². The quantitative estimate of drug-likeness (QED) is 0.314. The van der Waals surface area contributed by atoms with Gasteiger partial charge in [-0.15, -0.1) is 0 Å². The molecule has 0 atom stereocenters. The lowest BCUT2D eigenvalue weighted by molar-refractivity contribution is 0.103. The number of nitrogens with two attached hydrogens (primary N) is 1. The summed E-state index contributed by atoms with van der Waals surface area (Å²) in [5, 5.41) is 20.6. The van der Waals surface area contributed by atoms with E-state index in [1.165, 1.54) is 0 Å². The van der Waals surface area contributed by atoms with Gasteiger partial charge in [0, 0.05) is 16.7 Å². The Kier molecular flexibility index (Phi) is 5.24. The van der Waals surface area contributed by atoms with E-state index in [2.05, 4.69) is 10.5 Å². The number of hydrogen-bond donors (Lipinski definition) is 3. The fourth-order valence-corrected chi connectivity index (χ4v) is 2.51. The molecule has 0 aromatic heterocycles. The summed E-state index contributed by atoms with van der Waals surface area (Å²) in [6.45, 7) is 0.743. The zero-order valence-corrected chi connectivity index (χ0v) is 14.7. The van der Waals surface area contributed by atoms with Crippen molar-refractivity contribution in [3.05, 3.63) is 52.5 Å². The van der Waals surface area contributed by atoms with Crippen molar-refractivity contribution in [3.63, 3.8) is 0 Å². The highest BCUT2D eigenvalue weighted by Crippen LogP contribution is 2.36. The first kappa shape index (κ1) is 18.2. The van der Waals surface area contributed by atoms with Crippen molar-refractivity contribution in [2.75, 3.05) is 18.6 Å². The molecule has 0 fully saturated rings. The molecule has 0 spiro atoms. The zero-order chi connectivity index (χ0) is 19.4. The predicted octanol–water partition coefficient (Wildman–Crippen LogP) is 2.57. The topological polar surface area (TPSA) is 134 Å². The van der Waals surface area contributed by atoms with Crippen LogP contribution in [0.4, 0.5) is 5.69 Å². The van der Waals surface area contributed by atoms with Gasteiger partial charge >= 0.3 is 0 Å². The Labute approximate surface area is 159 Å². The van der Waals surface area contributed by atoms with Crippen LogP contribution in [-0.4, -0.2) is 30.5 Å². The van der Waals surface area contributed by atoms with Gasteiger partial charge in [0.2, 0.25) is 5.71 Å². The number of halogens is 1. The highest BCUT2D eigenvalue weighted by molar-refractivity contribution is 6.45. The number of rotatable bonds is 5. The van der Waals surface area contributed by atoms with Gasteiger partial charge in [-0.05, 0) is 30.3 Å². The lowest BCUT2D eigenvalue weighted by atomic mass is 10.0. The molecule has 0 saturated heterocycles. The van der Waals surface area contributed by atoms with Crippen molar-refractivity contribution >= 4 is 34.6 Å². The van der Waals surface area contributed by atoms with Gasteiger partial charge in [0.15, 0.2) is 23.1 Å². The van der Waals surface area contributed by atoms with E-state index in [-0.39, 0.29) is 22.7 Å². The second-order valence-electron chi connectivity index (χ2n) is 5.48. The SMILES string of the molecule is N#C/C(=N\Nc1cc2c(cc1C(=O)c1ccc(Cl)cc1)OCCO2)C(=N)N. The van der Waals surface area contributed by atoms with Gasteiger partial charge in [0.05, 0.1) is 11.3 Å². The first-order valence-electron chi connectivity index (χ1n) is 7.81. The molecule has 9 heteroatoms. The molecule has 1 aliphatic heterocycles. The Morgan fingerprint density at radius 3 is 2.44 bits per heavy atom. The number of benzene rings is 2. The number of fused-ring (bicyclic) bond motifs is 1. The molecule has 3 rings (SSSR count). The molecule has 0 saturated carbocycles. The number of hydrogen-bond acceptors (Lipinski definition) is 7. The van der Waals surface area contributed by atoms with Crippen molar-refractivity contribution in [1.82, 2.24) is 0 Å². The van der Waals surface area contributed by atoms with Crippen LogP contribution < -0.4 is 20.6 Å². The average molecular weight is 384 g/mol. The monoisotopic (exact) mass is 383 g/mol. The first-order valence-corrected chi connectivity index (χ1v) is 8.19. The van der Waals surface area contributed by atoms with Gasteiger partial charge in [-0.1, -0.05) is 11.6 Å². The third-order valence-electron chi connectivity index (χ3n) is 3.68. The van der Waals surface area contributed by atoms with E-state index in [1.54, 1.807) is 42.5 Å². The number of hydrazone groups is 1. The summed E-state index contributed by atoms with van der Waals surface area (Å²) in [4.78, 5) is 13.0. The summed E-state index contributed by atoms with van der Waals surface area (Å²) in [5.41, 5.74) is 8.55. The molecule has 1 aliphatic rings. The van der Waals surface area contributed by atoms with Crippen LogP contribution in [0.15, 0.2) is 41.5 Å². The van der Waals surface area contributed by atoms with Crippen LogP contribution in [0.5, 0.6) is 11.5 Å². The lowest BCUT2D eigenvalue weighted by Gasteiger charge is -2.20. The van der Waals surface area contributed by atoms with Crippen LogP contribution >= 0.6 is 11.6 Å². The Bertz CT molecular complexity index is 980. The van der Waals surface area contributed by atoms with Gasteiger partial charge in [-0.3, -0.25) is 15.6 Å². The molecule has 0 amide bonds. The number of carbonyl (C=O) groups is 1. The van der Waals surface area contributed by atoms with E-state index in [9.17, 15) is 4.79 Å². The molecule has 0 aliphatic carbocycles. The number of nitrogens with one attached hydrogen (secondary N) is 2. The predicted molar refractivity (Wildman–Crippen MR) is 101 cm³/mol. The number of ketones is 1. The summed E-state index contributed by atoms with van der Waals surface area (Å²) in [6.07, 6.45) is 0. The van der Waals surface area contributed by atoms with Crippen molar-refractivity contribution in [1.29, 1.82) is 10.7 Å². The molecular formula is C18H14ClN5O3. The third kappa shape index (κ3) is 3.99. The Hall–Kier alpha value is -3.57. The molecule has 8 nitrogen and oxygen atoms in total. The molecule has 4 N–H and O–H groups in total. The minimum absolute atomic E-state index is 0.256. The fraction of sp³-hybridized carbons (Fsp3) is 0.111. The van der Waals surface area contributed by atoms with E-state index >= 15 is 0 Å². The Morgan fingerprint density at radius 2 is 1.85 bits per heavy atom. The number of ether oxygens (including phenoxy) is 2. The number of anilines is 1. The second kappa shape index (κ2) is 7.76. The minimum Gasteiger partial charge on any atom is -0.486 e. The van der Waals surface area contributed by atoms with Crippen molar-refractivity contribution < 1.29 is 14.3 Å². The van der Waals surface area contributed by atoms with Gasteiger partial charge in [-0.25, -0.2) is 0 Å². The molecule has 2 aromatic carbocycles. The van der Waals surface area contributed by atoms with Crippen LogP contribution in [-0.2, 0) is 0 Å². The number of nitrogens with zero attached hydrogens (tertiary/aromatic N) is 2. The number of carbonyl (C=O) groups excluding carboxylic acids is 1. The Morgan fingerprint density at radius 1 is 1.22 bits per heavy atom. The standard InChI is InChI=1S/C18H14ClN5O3/c19-11-3-1-10(2-4-11)17(25)12-7-15-16(27-6-5-26-15)8-13(12)23-24-14(9-20)18(21)22/h1-4,7-8,23H,5-6H2,(H3,21,22)/b24-14+. The highest BCUT2D eigenvalue weighted by Gasteiger charge is 2.21. The highest BCUT2D eigenvalue weighted by atomic mass is 35.5. The molecule has 0 bridgehead atoms. The summed E-state index contributed by atoms with van der Waals surface area (Å²) in [5.74, 6) is 0.0731. The lowest BCUT2D eigenvalue weighted by Crippen LogP contribution is -2.22. The van der Waals surface area contributed by atoms with Crippen LogP contribution in [0.3, 0.4) is 0 Å². The van der Waals surface area contributed by atoms with Gasteiger partial charge in [-0.2, -0.15) is 10.4 Å².